The number of pyridine rings is 1. The van der Waals surface area contributed by atoms with Crippen LogP contribution in [0, 0.1) is 13.8 Å². The lowest BCUT2D eigenvalue weighted by molar-refractivity contribution is -0.143. The largest absolute Gasteiger partial charge is 0.487 e. The van der Waals surface area contributed by atoms with Crippen molar-refractivity contribution in [2.24, 2.45) is 7.05 Å². The number of rotatable bonds is 8. The van der Waals surface area contributed by atoms with Gasteiger partial charge in [0.25, 0.3) is 0 Å². The third-order valence-corrected chi connectivity index (χ3v) is 9.77. The van der Waals surface area contributed by atoms with Gasteiger partial charge >= 0.3 is 5.97 Å². The van der Waals surface area contributed by atoms with Gasteiger partial charge in [0.15, 0.2) is 0 Å². The van der Waals surface area contributed by atoms with E-state index in [1.165, 1.54) is 15.6 Å². The molecule has 6 rings (SSSR count). The lowest BCUT2D eigenvalue weighted by Crippen LogP contribution is -2.34. The van der Waals surface area contributed by atoms with E-state index in [0.717, 1.165) is 64.2 Å². The van der Waals surface area contributed by atoms with Crippen molar-refractivity contribution < 1.29 is 14.3 Å². The van der Waals surface area contributed by atoms with Crippen molar-refractivity contribution in [3.8, 4) is 5.75 Å². The molecule has 0 saturated carbocycles. The number of carbonyl (C=O) groups excluding carboxylic acids is 1. The molecular weight excluding hydrogens is 558 g/mol. The van der Waals surface area contributed by atoms with Crippen molar-refractivity contribution >= 4 is 38.4 Å². The summed E-state index contributed by atoms with van der Waals surface area (Å²) in [5.74, 6) is 0.476. The maximum atomic E-state index is 13.1. The monoisotopic (exact) mass is 597 g/mol. The fourth-order valence-electron chi connectivity index (χ4n) is 6.51. The fraction of sp³-hybridized carbons (Fsp3) is 0.412. The van der Waals surface area contributed by atoms with Crippen molar-refractivity contribution in [3.05, 3.63) is 81.5 Å². The van der Waals surface area contributed by atoms with E-state index in [1.807, 2.05) is 37.0 Å². The van der Waals surface area contributed by atoms with Crippen LogP contribution >= 0.6 is 11.3 Å². The summed E-state index contributed by atoms with van der Waals surface area (Å²) in [5.41, 5.74) is 8.42. The normalized spacial score (nSPS) is 17.9. The first-order chi connectivity index (χ1) is 20.8. The van der Waals surface area contributed by atoms with Gasteiger partial charge in [-0.05, 0) is 97.0 Å². The zero-order valence-electron chi connectivity index (χ0n) is 25.8. The number of hydrogen-bond acceptors (Lipinski definition) is 8. The van der Waals surface area contributed by atoms with Gasteiger partial charge < -0.3 is 9.47 Å². The molecule has 8 nitrogen and oxygen atoms in total. The third-order valence-electron chi connectivity index (χ3n) is 8.77. The fourth-order valence-corrected chi connectivity index (χ4v) is 7.40. The number of fused-ring (bicyclic) bond motifs is 3. The molecule has 5 aromatic rings. The number of esters is 1. The van der Waals surface area contributed by atoms with E-state index < -0.39 is 0 Å². The second-order valence-corrected chi connectivity index (χ2v) is 12.5. The predicted molar refractivity (Wildman–Crippen MR) is 171 cm³/mol. The number of carbonyl (C=O) groups is 1. The first-order valence-corrected chi connectivity index (χ1v) is 16.0. The van der Waals surface area contributed by atoms with E-state index in [2.05, 4.69) is 72.6 Å². The Hall–Kier alpha value is -3.82. The highest BCUT2D eigenvalue weighted by Crippen LogP contribution is 2.40. The number of hydrogen-bond donors (Lipinski definition) is 0. The summed E-state index contributed by atoms with van der Waals surface area (Å²) >= 11 is 1.76. The molecule has 0 radical (unpaired) electrons. The van der Waals surface area contributed by atoms with Crippen molar-refractivity contribution in [1.29, 1.82) is 0 Å². The predicted octanol–water partition coefficient (Wildman–Crippen LogP) is 7.01. The van der Waals surface area contributed by atoms with E-state index in [1.54, 1.807) is 11.3 Å². The summed E-state index contributed by atoms with van der Waals surface area (Å²) in [5, 5.41) is 12.1. The third kappa shape index (κ3) is 5.52. The summed E-state index contributed by atoms with van der Waals surface area (Å²) in [6.07, 6.45) is 3.09. The Morgan fingerprint density at radius 1 is 1.21 bits per heavy atom. The molecule has 224 valence electrons. The molecule has 4 heterocycles. The Balaban J connectivity index is 1.46. The summed E-state index contributed by atoms with van der Waals surface area (Å²) in [4.78, 5) is 20.3. The molecule has 9 heteroatoms. The summed E-state index contributed by atoms with van der Waals surface area (Å²) in [6.45, 7) is 12.3. The van der Waals surface area contributed by atoms with Crippen LogP contribution < -0.4 is 4.74 Å². The smallest absolute Gasteiger partial charge is 0.306 e. The van der Waals surface area contributed by atoms with Gasteiger partial charge in [-0.2, -0.15) is 0 Å². The van der Waals surface area contributed by atoms with E-state index in [-0.39, 0.29) is 30.5 Å². The Morgan fingerprint density at radius 3 is 2.84 bits per heavy atom. The molecule has 1 aliphatic rings. The summed E-state index contributed by atoms with van der Waals surface area (Å²) in [6, 6.07) is 13.0. The Kier molecular flexibility index (Phi) is 8.20. The molecule has 0 fully saturated rings. The van der Waals surface area contributed by atoms with Crippen LogP contribution in [-0.2, 0) is 23.1 Å². The van der Waals surface area contributed by atoms with Gasteiger partial charge in [0, 0.05) is 37.0 Å². The zero-order valence-corrected chi connectivity index (χ0v) is 26.6. The van der Waals surface area contributed by atoms with Crippen LogP contribution in [0.1, 0.15) is 79.1 Å². The standard InChI is InChI=1S/C34H39N5O3S/c1-7-26-19-39(22(5)32-29(42-26)10-9-12-35-32)18-25-16-24(15-23-11-13-43-34(23)25)28(17-30(40)41-8-2)27-14-20(3)33-31(21(27)4)36-37-38(33)6/h9-16,22,26,28H,7-8,17-19H2,1-6H3/t22-,26+,28+/m0/s1. The van der Waals surface area contributed by atoms with Gasteiger partial charge in [-0.25, -0.2) is 4.68 Å². The topological polar surface area (TPSA) is 82.4 Å². The summed E-state index contributed by atoms with van der Waals surface area (Å²) in [7, 11) is 1.92. The second-order valence-electron chi connectivity index (χ2n) is 11.5. The molecule has 0 amide bonds. The average molecular weight is 598 g/mol. The molecule has 3 aromatic heterocycles. The first kappa shape index (κ1) is 29.3. The highest BCUT2D eigenvalue weighted by atomic mass is 32.1. The number of benzene rings is 2. The van der Waals surface area contributed by atoms with Gasteiger partial charge in [0.2, 0.25) is 0 Å². The van der Waals surface area contributed by atoms with Crippen LogP contribution in [0.2, 0.25) is 0 Å². The number of ether oxygens (including phenoxy) is 2. The maximum absolute atomic E-state index is 13.1. The van der Waals surface area contributed by atoms with Gasteiger partial charge in [0.05, 0.1) is 30.3 Å². The van der Waals surface area contributed by atoms with Crippen molar-refractivity contribution in [1.82, 2.24) is 24.9 Å². The molecule has 0 spiro atoms. The Labute approximate surface area is 256 Å². The molecule has 0 aliphatic carbocycles. The van der Waals surface area contributed by atoms with Crippen LogP contribution in [0.25, 0.3) is 21.1 Å². The minimum Gasteiger partial charge on any atom is -0.487 e. The molecule has 3 atom stereocenters. The average Bonchev–Trinajstić information content (AvgIpc) is 3.61. The highest BCUT2D eigenvalue weighted by Gasteiger charge is 2.30. The minimum absolute atomic E-state index is 0.0794. The highest BCUT2D eigenvalue weighted by molar-refractivity contribution is 7.17. The Morgan fingerprint density at radius 2 is 2.05 bits per heavy atom. The molecule has 0 saturated heterocycles. The van der Waals surface area contributed by atoms with E-state index in [0.29, 0.717) is 6.61 Å². The van der Waals surface area contributed by atoms with Crippen molar-refractivity contribution in [2.45, 2.75) is 72.1 Å². The van der Waals surface area contributed by atoms with Gasteiger partial charge in [0.1, 0.15) is 17.4 Å². The maximum Gasteiger partial charge on any atom is 0.306 e. The lowest BCUT2D eigenvalue weighted by Gasteiger charge is -2.29. The SMILES string of the molecule is CCOC(=O)C[C@H](c1cc(CN2C[C@@H](CC)Oc3cccnc3[C@@H]2C)c2sccc2c1)c1cc(C)c2c(nnn2C)c1C. The van der Waals surface area contributed by atoms with Gasteiger partial charge in [-0.15, -0.1) is 16.4 Å². The van der Waals surface area contributed by atoms with Crippen LogP contribution in [-0.4, -0.2) is 50.1 Å². The lowest BCUT2D eigenvalue weighted by atomic mass is 9.83. The number of nitrogens with zero attached hydrogens (tertiary/aromatic N) is 5. The zero-order chi connectivity index (χ0) is 30.2. The van der Waals surface area contributed by atoms with Crippen molar-refractivity contribution in [3.63, 3.8) is 0 Å². The Bertz CT molecular complexity index is 1790. The number of aromatic nitrogens is 4. The van der Waals surface area contributed by atoms with E-state index in [9.17, 15) is 4.79 Å². The minimum atomic E-state index is -0.206. The van der Waals surface area contributed by atoms with E-state index >= 15 is 0 Å². The molecular formula is C34H39N5O3S. The van der Waals surface area contributed by atoms with Crippen LogP contribution in [0.15, 0.2) is 48.0 Å². The molecule has 0 bridgehead atoms. The van der Waals surface area contributed by atoms with Crippen LogP contribution in [0.3, 0.4) is 0 Å². The van der Waals surface area contributed by atoms with Gasteiger partial charge in [-0.1, -0.05) is 24.3 Å². The van der Waals surface area contributed by atoms with Crippen LogP contribution in [0.4, 0.5) is 0 Å². The second kappa shape index (κ2) is 12.1. The number of thiophene rings is 1. The molecule has 0 N–H and O–H groups in total. The molecule has 0 unspecified atom stereocenters. The molecule has 2 aromatic carbocycles. The van der Waals surface area contributed by atoms with E-state index in [4.69, 9.17) is 14.5 Å². The number of aryl methyl sites for hydroxylation is 3. The molecule has 43 heavy (non-hydrogen) atoms. The summed E-state index contributed by atoms with van der Waals surface area (Å²) < 4.78 is 15.0. The van der Waals surface area contributed by atoms with Gasteiger partial charge in [-0.3, -0.25) is 14.7 Å². The quantitative estimate of drug-likeness (QED) is 0.178. The molecule has 1 aliphatic heterocycles. The van der Waals surface area contributed by atoms with Crippen LogP contribution in [0.5, 0.6) is 5.75 Å². The first-order valence-electron chi connectivity index (χ1n) is 15.1. The van der Waals surface area contributed by atoms with Crippen molar-refractivity contribution in [2.75, 3.05) is 13.2 Å².